The minimum atomic E-state index is -0.686. The van der Waals surface area contributed by atoms with Gasteiger partial charge < -0.3 is 24.4 Å². The van der Waals surface area contributed by atoms with Crippen LogP contribution in [0.15, 0.2) is 89.7 Å². The Bertz CT molecular complexity index is 1590. The Morgan fingerprint density at radius 3 is 2.29 bits per heavy atom. The lowest BCUT2D eigenvalue weighted by atomic mass is 9.85. The fourth-order valence-corrected chi connectivity index (χ4v) is 6.65. The number of H-pyrrole nitrogens is 1. The number of carbonyl (C=O) groups excluding carboxylic acids is 2. The molecule has 0 radical (unpaired) electrons. The molecule has 1 amide bonds. The van der Waals surface area contributed by atoms with E-state index in [-0.39, 0.29) is 24.0 Å². The SMILES string of the molecule is COC(=O)CC(c1ccccc1)N1CN(c2ccccc2)C2(CCN(CCCn3c(=O)[nH]c4ccccc43)CC2)C1=O. The average Bonchev–Trinajstić information content (AvgIpc) is 3.50. The van der Waals surface area contributed by atoms with Crippen LogP contribution in [0.2, 0.25) is 0 Å². The second-order valence-corrected chi connectivity index (χ2v) is 11.2. The Kier molecular flexibility index (Phi) is 7.84. The topological polar surface area (TPSA) is 90.9 Å². The predicted octanol–water partition coefficient (Wildman–Crippen LogP) is 4.17. The highest BCUT2D eigenvalue weighted by atomic mass is 16.5. The lowest BCUT2D eigenvalue weighted by molar-refractivity contribution is -0.144. The maximum atomic E-state index is 14.5. The van der Waals surface area contributed by atoms with E-state index in [9.17, 15) is 14.4 Å². The normalized spacial score (nSPS) is 17.7. The van der Waals surface area contributed by atoms with Crippen molar-refractivity contribution < 1.29 is 14.3 Å². The van der Waals surface area contributed by atoms with Crippen molar-refractivity contribution in [3.05, 3.63) is 101 Å². The third kappa shape index (κ3) is 5.20. The Morgan fingerprint density at radius 2 is 1.57 bits per heavy atom. The van der Waals surface area contributed by atoms with E-state index in [1.54, 1.807) is 4.57 Å². The van der Waals surface area contributed by atoms with Crippen LogP contribution in [-0.4, -0.2) is 70.2 Å². The molecule has 4 aromatic rings. The van der Waals surface area contributed by atoms with Crippen molar-refractivity contribution in [3.8, 4) is 0 Å². The summed E-state index contributed by atoms with van der Waals surface area (Å²) in [6.45, 7) is 3.44. The molecule has 0 saturated carbocycles. The molecular formula is C33H37N5O4. The van der Waals surface area contributed by atoms with Gasteiger partial charge in [-0.05, 0) is 55.6 Å². The van der Waals surface area contributed by atoms with E-state index >= 15 is 0 Å². The van der Waals surface area contributed by atoms with E-state index in [4.69, 9.17) is 4.74 Å². The lowest BCUT2D eigenvalue weighted by Gasteiger charge is -2.43. The second kappa shape index (κ2) is 11.9. The number of rotatable bonds is 9. The second-order valence-electron chi connectivity index (χ2n) is 11.2. The molecule has 2 aliphatic rings. The number of imidazole rings is 1. The Labute approximate surface area is 245 Å². The minimum absolute atomic E-state index is 0.0640. The van der Waals surface area contributed by atoms with Crippen molar-refractivity contribution in [1.82, 2.24) is 19.4 Å². The molecule has 9 heteroatoms. The highest BCUT2D eigenvalue weighted by Gasteiger charge is 2.55. The van der Waals surface area contributed by atoms with Gasteiger partial charge in [0.05, 0.1) is 37.3 Å². The number of aromatic nitrogens is 2. The minimum Gasteiger partial charge on any atom is -0.469 e. The number of amides is 1. The number of nitrogens with one attached hydrogen (secondary N) is 1. The Hall–Kier alpha value is -4.37. The van der Waals surface area contributed by atoms with Gasteiger partial charge in [0.1, 0.15) is 5.54 Å². The van der Waals surface area contributed by atoms with Gasteiger partial charge in [0.25, 0.3) is 5.91 Å². The van der Waals surface area contributed by atoms with Crippen molar-refractivity contribution >= 4 is 28.6 Å². The molecule has 2 aliphatic heterocycles. The van der Waals surface area contributed by atoms with E-state index in [0.717, 1.165) is 48.3 Å². The molecule has 6 rings (SSSR count). The molecule has 1 atom stereocenters. The first-order valence-electron chi connectivity index (χ1n) is 14.7. The zero-order valence-corrected chi connectivity index (χ0v) is 23.9. The Morgan fingerprint density at radius 1 is 0.905 bits per heavy atom. The van der Waals surface area contributed by atoms with E-state index in [0.29, 0.717) is 26.1 Å². The van der Waals surface area contributed by atoms with Crippen LogP contribution in [0, 0.1) is 0 Å². The van der Waals surface area contributed by atoms with Gasteiger partial charge in [0.15, 0.2) is 0 Å². The third-order valence-electron chi connectivity index (χ3n) is 8.91. The molecule has 0 bridgehead atoms. The molecule has 42 heavy (non-hydrogen) atoms. The zero-order chi connectivity index (χ0) is 29.1. The highest BCUT2D eigenvalue weighted by Crippen LogP contribution is 2.43. The van der Waals surface area contributed by atoms with Gasteiger partial charge in [0.2, 0.25) is 0 Å². The summed E-state index contributed by atoms with van der Waals surface area (Å²) in [7, 11) is 1.39. The fraction of sp³-hybridized carbons (Fsp3) is 0.364. The number of fused-ring (bicyclic) bond motifs is 1. The van der Waals surface area contributed by atoms with E-state index in [2.05, 4.69) is 26.9 Å². The molecule has 218 valence electrons. The first kappa shape index (κ1) is 27.8. The number of aromatic amines is 1. The molecular weight excluding hydrogens is 530 g/mol. The van der Waals surface area contributed by atoms with Crippen LogP contribution < -0.4 is 10.6 Å². The first-order chi connectivity index (χ1) is 20.5. The molecule has 3 heterocycles. The summed E-state index contributed by atoms with van der Waals surface area (Å²) < 4.78 is 6.84. The standard InChI is InChI=1S/C33H37N5O4/c1-42-30(39)23-29(25-11-4-2-5-12-25)37-24-38(26-13-6-3-7-14-26)33(31(37)40)17-21-35(22-18-33)19-10-20-36-28-16-9-8-15-27(28)34-32(36)41/h2-9,11-16,29H,10,17-24H2,1H3,(H,34,41). The zero-order valence-electron chi connectivity index (χ0n) is 23.9. The van der Waals surface area contributed by atoms with Crippen LogP contribution >= 0.6 is 0 Å². The van der Waals surface area contributed by atoms with Crippen molar-refractivity contribution in [2.75, 3.05) is 38.3 Å². The first-order valence-corrected chi connectivity index (χ1v) is 14.7. The molecule has 3 aromatic carbocycles. The van der Waals surface area contributed by atoms with Crippen LogP contribution in [-0.2, 0) is 20.9 Å². The van der Waals surface area contributed by atoms with Gasteiger partial charge in [-0.15, -0.1) is 0 Å². The number of ether oxygens (including phenoxy) is 1. The fourth-order valence-electron chi connectivity index (χ4n) is 6.65. The van der Waals surface area contributed by atoms with E-state index in [1.165, 1.54) is 7.11 Å². The molecule has 1 unspecified atom stereocenters. The molecule has 1 aromatic heterocycles. The van der Waals surface area contributed by atoms with Crippen LogP contribution in [0.1, 0.15) is 37.3 Å². The number of carbonyl (C=O) groups is 2. The number of hydrogen-bond acceptors (Lipinski definition) is 6. The summed E-state index contributed by atoms with van der Waals surface area (Å²) in [5, 5.41) is 0. The number of nitrogens with zero attached hydrogens (tertiary/aromatic N) is 4. The summed E-state index contributed by atoms with van der Waals surface area (Å²) in [6, 6.07) is 27.2. The van der Waals surface area contributed by atoms with Crippen molar-refractivity contribution in [2.45, 2.75) is 43.8 Å². The number of benzene rings is 3. The molecule has 2 fully saturated rings. The molecule has 2 saturated heterocycles. The maximum absolute atomic E-state index is 14.5. The molecule has 1 N–H and O–H groups in total. The molecule has 1 spiro atoms. The van der Waals surface area contributed by atoms with Crippen molar-refractivity contribution in [2.24, 2.45) is 0 Å². The van der Waals surface area contributed by atoms with Gasteiger partial charge in [-0.25, -0.2) is 4.79 Å². The number of anilines is 1. The van der Waals surface area contributed by atoms with Gasteiger partial charge in [-0.3, -0.25) is 14.2 Å². The van der Waals surface area contributed by atoms with Crippen molar-refractivity contribution in [3.63, 3.8) is 0 Å². The number of esters is 1. The van der Waals surface area contributed by atoms with Gasteiger partial charge in [0, 0.05) is 25.3 Å². The maximum Gasteiger partial charge on any atom is 0.326 e. The molecule has 0 aliphatic carbocycles. The number of aryl methyl sites for hydroxylation is 1. The number of para-hydroxylation sites is 3. The van der Waals surface area contributed by atoms with Crippen LogP contribution in [0.5, 0.6) is 0 Å². The summed E-state index contributed by atoms with van der Waals surface area (Å²) in [5.74, 6) is -0.276. The smallest absolute Gasteiger partial charge is 0.326 e. The monoisotopic (exact) mass is 567 g/mol. The predicted molar refractivity (Wildman–Crippen MR) is 162 cm³/mol. The van der Waals surface area contributed by atoms with Crippen LogP contribution in [0.3, 0.4) is 0 Å². The average molecular weight is 568 g/mol. The van der Waals surface area contributed by atoms with Gasteiger partial charge >= 0.3 is 11.7 Å². The summed E-state index contributed by atoms with van der Waals surface area (Å²) >= 11 is 0. The number of hydrogen-bond donors (Lipinski definition) is 1. The largest absolute Gasteiger partial charge is 0.469 e. The summed E-state index contributed by atoms with van der Waals surface area (Å²) in [5.41, 5.74) is 2.94. The lowest BCUT2D eigenvalue weighted by Crippen LogP contribution is -2.56. The van der Waals surface area contributed by atoms with E-state index < -0.39 is 11.6 Å². The Balaban J connectivity index is 1.20. The van der Waals surface area contributed by atoms with Crippen molar-refractivity contribution in [1.29, 1.82) is 0 Å². The third-order valence-corrected chi connectivity index (χ3v) is 8.91. The quantitative estimate of drug-likeness (QED) is 0.306. The van der Waals surface area contributed by atoms with E-state index in [1.807, 2.05) is 77.7 Å². The van der Waals surface area contributed by atoms with Crippen LogP contribution in [0.25, 0.3) is 11.0 Å². The van der Waals surface area contributed by atoms with Gasteiger partial charge in [-0.1, -0.05) is 60.7 Å². The number of methoxy groups -OCH3 is 1. The summed E-state index contributed by atoms with van der Waals surface area (Å²) in [4.78, 5) is 48.9. The number of piperidine rings is 1. The van der Waals surface area contributed by atoms with Crippen LogP contribution in [0.4, 0.5) is 5.69 Å². The van der Waals surface area contributed by atoms with Gasteiger partial charge in [-0.2, -0.15) is 0 Å². The number of likely N-dealkylation sites (tertiary alicyclic amines) is 1. The highest BCUT2D eigenvalue weighted by molar-refractivity contribution is 5.94. The molecule has 9 nitrogen and oxygen atoms in total. The summed E-state index contributed by atoms with van der Waals surface area (Å²) in [6.07, 6.45) is 2.31.